The highest BCUT2D eigenvalue weighted by Gasteiger charge is 2.18. The summed E-state index contributed by atoms with van der Waals surface area (Å²) in [6.07, 6.45) is 11.6. The van der Waals surface area contributed by atoms with Gasteiger partial charge in [-0.15, -0.1) is 0 Å². The lowest BCUT2D eigenvalue weighted by molar-refractivity contribution is -0.128. The Morgan fingerprint density at radius 1 is 0.857 bits per heavy atom. The maximum absolute atomic E-state index is 11.3. The van der Waals surface area contributed by atoms with Crippen LogP contribution in [0.4, 0.5) is 0 Å². The minimum Gasteiger partial charge on any atom is -0.346 e. The zero-order valence-electron chi connectivity index (χ0n) is 13.9. The summed E-state index contributed by atoms with van der Waals surface area (Å²) in [7, 11) is 1.84. The smallest absolute Gasteiger partial charge is 0.222 e. The molecular weight excluding hydrogens is 264 g/mol. The molecule has 0 unspecified atom stereocenters. The van der Waals surface area contributed by atoms with Crippen molar-refractivity contribution in [3.63, 3.8) is 0 Å². The van der Waals surface area contributed by atoms with Gasteiger partial charge in [0.05, 0.1) is 0 Å². The number of amides is 2. The summed E-state index contributed by atoms with van der Waals surface area (Å²) < 4.78 is 0. The Balaban J connectivity index is 0.000000262. The van der Waals surface area contributed by atoms with Crippen molar-refractivity contribution in [2.75, 3.05) is 26.7 Å². The summed E-state index contributed by atoms with van der Waals surface area (Å²) in [5, 5.41) is 0. The van der Waals surface area contributed by atoms with E-state index in [1.54, 1.807) is 4.90 Å². The molecule has 0 aromatic rings. The molecule has 0 aromatic carbocycles. The van der Waals surface area contributed by atoms with Crippen LogP contribution in [0.25, 0.3) is 0 Å². The fraction of sp³-hybridized carbons (Fsp3) is 0.882. The van der Waals surface area contributed by atoms with E-state index in [1.807, 2.05) is 11.9 Å². The quantitative estimate of drug-likeness (QED) is 0.677. The third-order valence-electron chi connectivity index (χ3n) is 4.26. The van der Waals surface area contributed by atoms with Crippen LogP contribution in [-0.2, 0) is 9.59 Å². The fourth-order valence-electron chi connectivity index (χ4n) is 2.81. The van der Waals surface area contributed by atoms with Gasteiger partial charge in [0.2, 0.25) is 11.8 Å². The minimum atomic E-state index is 0.292. The highest BCUT2D eigenvalue weighted by atomic mass is 16.2. The summed E-state index contributed by atoms with van der Waals surface area (Å²) in [4.78, 5) is 25.6. The lowest BCUT2D eigenvalue weighted by Crippen LogP contribution is -2.25. The first-order valence-electron chi connectivity index (χ1n) is 8.67. The SMILES string of the molecule is CCCCCCCCN1CCCC1=O.CN1CCCC1=O. The second-order valence-corrected chi connectivity index (χ2v) is 6.17. The van der Waals surface area contributed by atoms with E-state index in [4.69, 9.17) is 0 Å². The fourth-order valence-corrected chi connectivity index (χ4v) is 2.81. The van der Waals surface area contributed by atoms with Crippen LogP contribution in [-0.4, -0.2) is 48.3 Å². The first kappa shape index (κ1) is 18.0. The molecule has 2 heterocycles. The monoisotopic (exact) mass is 296 g/mol. The van der Waals surface area contributed by atoms with Gasteiger partial charge in [0.25, 0.3) is 0 Å². The molecule has 4 heteroatoms. The van der Waals surface area contributed by atoms with Crippen molar-refractivity contribution in [1.29, 1.82) is 0 Å². The number of unbranched alkanes of at least 4 members (excludes halogenated alkanes) is 5. The van der Waals surface area contributed by atoms with Crippen molar-refractivity contribution in [2.45, 2.75) is 71.1 Å². The molecule has 2 aliphatic rings. The molecule has 0 atom stereocenters. The molecule has 2 saturated heterocycles. The molecule has 2 rings (SSSR count). The molecule has 0 spiro atoms. The minimum absolute atomic E-state index is 0.292. The van der Waals surface area contributed by atoms with Crippen LogP contribution in [0.5, 0.6) is 0 Å². The molecule has 0 aliphatic carbocycles. The number of carbonyl (C=O) groups is 2. The van der Waals surface area contributed by atoms with Crippen LogP contribution in [0, 0.1) is 0 Å². The third-order valence-corrected chi connectivity index (χ3v) is 4.26. The standard InChI is InChI=1S/C12H23NO.C5H9NO/c1-2-3-4-5-6-7-10-13-11-8-9-12(13)14;1-6-4-2-3-5(6)7/h2-11H2,1H3;2-4H2,1H3. The normalized spacial score (nSPS) is 18.2. The van der Waals surface area contributed by atoms with E-state index < -0.39 is 0 Å². The summed E-state index contributed by atoms with van der Waals surface area (Å²) >= 11 is 0. The molecule has 0 N–H and O–H groups in total. The summed E-state index contributed by atoms with van der Waals surface area (Å²) in [5.41, 5.74) is 0. The van der Waals surface area contributed by atoms with Crippen LogP contribution in [0.2, 0.25) is 0 Å². The summed E-state index contributed by atoms with van der Waals surface area (Å²) in [5.74, 6) is 0.665. The molecule has 2 amide bonds. The van der Waals surface area contributed by atoms with Crippen LogP contribution < -0.4 is 0 Å². The largest absolute Gasteiger partial charge is 0.346 e. The van der Waals surface area contributed by atoms with Gasteiger partial charge in [-0.25, -0.2) is 0 Å². The summed E-state index contributed by atoms with van der Waals surface area (Å²) in [6, 6.07) is 0. The average molecular weight is 296 g/mol. The molecule has 0 radical (unpaired) electrons. The van der Waals surface area contributed by atoms with Crippen LogP contribution in [0.15, 0.2) is 0 Å². The van der Waals surface area contributed by atoms with Gasteiger partial charge in [-0.3, -0.25) is 9.59 Å². The zero-order valence-corrected chi connectivity index (χ0v) is 13.9. The van der Waals surface area contributed by atoms with Gasteiger partial charge in [-0.05, 0) is 19.3 Å². The summed E-state index contributed by atoms with van der Waals surface area (Å²) in [6.45, 7) is 5.21. The number of rotatable bonds is 7. The second kappa shape index (κ2) is 10.6. The third kappa shape index (κ3) is 7.49. The molecule has 122 valence electrons. The van der Waals surface area contributed by atoms with Crippen molar-refractivity contribution in [3.8, 4) is 0 Å². The number of hydrogen-bond acceptors (Lipinski definition) is 2. The lowest BCUT2D eigenvalue weighted by Gasteiger charge is -2.14. The van der Waals surface area contributed by atoms with Crippen LogP contribution in [0.3, 0.4) is 0 Å². The molecule has 4 nitrogen and oxygen atoms in total. The first-order valence-corrected chi connectivity index (χ1v) is 8.67. The number of nitrogens with zero attached hydrogens (tertiary/aromatic N) is 2. The molecule has 0 bridgehead atoms. The highest BCUT2D eigenvalue weighted by Crippen LogP contribution is 2.12. The van der Waals surface area contributed by atoms with Crippen molar-refractivity contribution in [1.82, 2.24) is 9.80 Å². The predicted octanol–water partition coefficient (Wildman–Crippen LogP) is 3.21. The molecule has 21 heavy (non-hydrogen) atoms. The Morgan fingerprint density at radius 2 is 1.48 bits per heavy atom. The van der Waals surface area contributed by atoms with E-state index in [1.165, 1.54) is 38.5 Å². The van der Waals surface area contributed by atoms with Gasteiger partial charge in [0.1, 0.15) is 0 Å². The maximum atomic E-state index is 11.3. The Hall–Kier alpha value is -1.06. The van der Waals surface area contributed by atoms with E-state index in [2.05, 4.69) is 6.92 Å². The molecule has 0 saturated carbocycles. The topological polar surface area (TPSA) is 40.6 Å². The van der Waals surface area contributed by atoms with Crippen molar-refractivity contribution >= 4 is 11.8 Å². The molecule has 2 aliphatic heterocycles. The molecular formula is C17H32N2O2. The number of likely N-dealkylation sites (tertiary alicyclic amines) is 2. The van der Waals surface area contributed by atoms with Crippen molar-refractivity contribution < 1.29 is 9.59 Å². The van der Waals surface area contributed by atoms with Gasteiger partial charge in [-0.2, -0.15) is 0 Å². The van der Waals surface area contributed by atoms with Gasteiger partial charge >= 0.3 is 0 Å². The van der Waals surface area contributed by atoms with Gasteiger partial charge in [0, 0.05) is 39.5 Å². The van der Waals surface area contributed by atoms with Crippen LogP contribution >= 0.6 is 0 Å². The van der Waals surface area contributed by atoms with Gasteiger partial charge in [-0.1, -0.05) is 39.0 Å². The van der Waals surface area contributed by atoms with Gasteiger partial charge in [0.15, 0.2) is 0 Å². The number of carbonyl (C=O) groups excluding carboxylic acids is 2. The Morgan fingerprint density at radius 3 is 1.95 bits per heavy atom. The van der Waals surface area contributed by atoms with E-state index in [-0.39, 0.29) is 0 Å². The number of hydrogen-bond donors (Lipinski definition) is 0. The van der Waals surface area contributed by atoms with Crippen molar-refractivity contribution in [3.05, 3.63) is 0 Å². The Bertz CT molecular complexity index is 318. The van der Waals surface area contributed by atoms with E-state index >= 15 is 0 Å². The zero-order chi connectivity index (χ0) is 15.5. The Labute approximate surface area is 129 Å². The second-order valence-electron chi connectivity index (χ2n) is 6.17. The first-order chi connectivity index (χ1) is 10.1. The van der Waals surface area contributed by atoms with E-state index in [0.717, 1.165) is 45.3 Å². The molecule has 2 fully saturated rings. The average Bonchev–Trinajstić information content (AvgIpc) is 3.04. The van der Waals surface area contributed by atoms with E-state index in [0.29, 0.717) is 11.8 Å². The Kier molecular flexibility index (Phi) is 9.11. The molecule has 0 aromatic heterocycles. The highest BCUT2D eigenvalue weighted by molar-refractivity contribution is 5.78. The predicted molar refractivity (Wildman–Crippen MR) is 86.1 cm³/mol. The lowest BCUT2D eigenvalue weighted by atomic mass is 10.1. The van der Waals surface area contributed by atoms with Crippen LogP contribution in [0.1, 0.15) is 71.1 Å². The van der Waals surface area contributed by atoms with Crippen molar-refractivity contribution in [2.24, 2.45) is 0 Å². The van der Waals surface area contributed by atoms with E-state index in [9.17, 15) is 9.59 Å². The maximum Gasteiger partial charge on any atom is 0.222 e. The van der Waals surface area contributed by atoms with Gasteiger partial charge < -0.3 is 9.80 Å².